The number of fused-ring (bicyclic) bond motifs is 1. The third-order valence-electron chi connectivity index (χ3n) is 6.72. The quantitative estimate of drug-likeness (QED) is 0.562. The number of benzene rings is 2. The molecule has 1 amide bonds. The summed E-state index contributed by atoms with van der Waals surface area (Å²) in [5.41, 5.74) is 2.37. The maximum absolute atomic E-state index is 13.3. The zero-order valence-corrected chi connectivity index (χ0v) is 19.7. The van der Waals surface area contributed by atoms with Crippen LogP contribution in [0, 0.1) is 5.92 Å². The van der Waals surface area contributed by atoms with Crippen LogP contribution in [-0.4, -0.2) is 26.2 Å². The molecule has 176 valence electrons. The van der Waals surface area contributed by atoms with E-state index >= 15 is 0 Å². The lowest BCUT2D eigenvalue weighted by Crippen LogP contribution is -2.43. The number of nitrogens with one attached hydrogen (secondary N) is 2. The smallest absolute Gasteiger partial charge is 0.241 e. The van der Waals surface area contributed by atoms with E-state index in [1.807, 2.05) is 30.3 Å². The van der Waals surface area contributed by atoms with Crippen molar-refractivity contribution in [3.63, 3.8) is 0 Å². The van der Waals surface area contributed by atoms with E-state index in [1.54, 1.807) is 12.1 Å². The molecule has 2 aliphatic rings. The van der Waals surface area contributed by atoms with Crippen LogP contribution in [0.3, 0.4) is 0 Å². The summed E-state index contributed by atoms with van der Waals surface area (Å²) in [6, 6.07) is 13.4. The van der Waals surface area contributed by atoms with Crippen LogP contribution in [0.1, 0.15) is 62.5 Å². The van der Waals surface area contributed by atoms with Crippen LogP contribution in [0.4, 0.5) is 5.69 Å². The Morgan fingerprint density at radius 3 is 2.45 bits per heavy atom. The Labute approximate surface area is 196 Å². The van der Waals surface area contributed by atoms with E-state index < -0.39 is 16.1 Å². The fourth-order valence-corrected chi connectivity index (χ4v) is 6.12. The van der Waals surface area contributed by atoms with E-state index in [9.17, 15) is 18.0 Å². The minimum absolute atomic E-state index is 0.0421. The van der Waals surface area contributed by atoms with Gasteiger partial charge in [0.15, 0.2) is 5.78 Å². The SMILES string of the molecule is O=C1CCc2cc(S(=O)(=O)NC(Cc3ccccc3)C(=O)CC3CCCCCC3)ccc2N1. The number of anilines is 1. The maximum Gasteiger partial charge on any atom is 0.241 e. The normalized spacial score (nSPS) is 18.1. The summed E-state index contributed by atoms with van der Waals surface area (Å²) in [5.74, 6) is 0.220. The number of hydrogen-bond acceptors (Lipinski definition) is 4. The molecule has 2 aromatic carbocycles. The Bertz CT molecular complexity index is 1090. The molecule has 2 aromatic rings. The van der Waals surface area contributed by atoms with Gasteiger partial charge in [-0.05, 0) is 48.1 Å². The largest absolute Gasteiger partial charge is 0.326 e. The predicted octanol–water partition coefficient (Wildman–Crippen LogP) is 4.39. The second-order valence-electron chi connectivity index (χ2n) is 9.26. The maximum atomic E-state index is 13.3. The van der Waals surface area contributed by atoms with E-state index in [4.69, 9.17) is 0 Å². The van der Waals surface area contributed by atoms with E-state index in [2.05, 4.69) is 10.0 Å². The number of rotatable bonds is 8. The number of amides is 1. The number of aryl methyl sites for hydroxylation is 1. The lowest BCUT2D eigenvalue weighted by atomic mass is 9.90. The molecule has 1 atom stereocenters. The molecule has 2 N–H and O–H groups in total. The van der Waals surface area contributed by atoms with Crippen molar-refractivity contribution in [1.29, 1.82) is 0 Å². The van der Waals surface area contributed by atoms with Gasteiger partial charge in [0.1, 0.15) is 0 Å². The van der Waals surface area contributed by atoms with Gasteiger partial charge < -0.3 is 5.32 Å². The van der Waals surface area contributed by atoms with Crippen LogP contribution in [0.15, 0.2) is 53.4 Å². The molecule has 1 fully saturated rings. The van der Waals surface area contributed by atoms with Gasteiger partial charge in [-0.15, -0.1) is 0 Å². The third kappa shape index (κ3) is 6.30. The van der Waals surface area contributed by atoms with E-state index in [-0.39, 0.29) is 16.6 Å². The Balaban J connectivity index is 1.54. The molecule has 0 radical (unpaired) electrons. The summed E-state index contributed by atoms with van der Waals surface area (Å²) in [7, 11) is -3.90. The van der Waals surface area contributed by atoms with Crippen molar-refractivity contribution in [2.24, 2.45) is 5.92 Å². The Morgan fingerprint density at radius 1 is 1.00 bits per heavy atom. The Kier molecular flexibility index (Phi) is 7.60. The third-order valence-corrected chi connectivity index (χ3v) is 8.19. The van der Waals surface area contributed by atoms with E-state index in [0.717, 1.165) is 36.8 Å². The zero-order chi connectivity index (χ0) is 23.3. The summed E-state index contributed by atoms with van der Waals surface area (Å²) in [6.45, 7) is 0. The highest BCUT2D eigenvalue weighted by Gasteiger charge is 2.29. The molecule has 0 spiro atoms. The summed E-state index contributed by atoms with van der Waals surface area (Å²) in [4.78, 5) is 25.1. The molecule has 6 nitrogen and oxygen atoms in total. The van der Waals surface area contributed by atoms with Gasteiger partial charge in [0.2, 0.25) is 15.9 Å². The standard InChI is InChI=1S/C26H32N2O4S/c29-25(17-20-10-4-1-2-5-11-20)24(16-19-8-6-3-7-9-19)28-33(31,32)22-13-14-23-21(18-22)12-15-26(30)27-23/h3,6-9,13-14,18,20,24,28H,1-2,4-5,10-12,15-17H2,(H,27,30). The highest BCUT2D eigenvalue weighted by molar-refractivity contribution is 7.89. The van der Waals surface area contributed by atoms with E-state index in [0.29, 0.717) is 37.3 Å². The molecule has 1 heterocycles. The predicted molar refractivity (Wildman–Crippen MR) is 128 cm³/mol. The summed E-state index contributed by atoms with van der Waals surface area (Å²) in [5, 5.41) is 2.77. The molecule has 1 aliphatic heterocycles. The second kappa shape index (κ2) is 10.6. The van der Waals surface area contributed by atoms with Crippen molar-refractivity contribution in [3.05, 3.63) is 59.7 Å². The van der Waals surface area contributed by atoms with Gasteiger partial charge in [0, 0.05) is 18.5 Å². The summed E-state index contributed by atoms with van der Waals surface area (Å²) >= 11 is 0. The minimum atomic E-state index is -3.90. The molecule has 1 saturated carbocycles. The molecule has 1 aliphatic carbocycles. The molecule has 7 heteroatoms. The lowest BCUT2D eigenvalue weighted by Gasteiger charge is -2.22. The van der Waals surface area contributed by atoms with Crippen LogP contribution in [0.5, 0.6) is 0 Å². The minimum Gasteiger partial charge on any atom is -0.326 e. The number of carbonyl (C=O) groups excluding carboxylic acids is 2. The first-order chi connectivity index (χ1) is 15.9. The van der Waals surface area contributed by atoms with Crippen molar-refractivity contribution >= 4 is 27.4 Å². The van der Waals surface area contributed by atoms with Crippen molar-refractivity contribution in [2.75, 3.05) is 5.32 Å². The molecule has 33 heavy (non-hydrogen) atoms. The van der Waals surface area contributed by atoms with Gasteiger partial charge in [-0.2, -0.15) is 0 Å². The molecule has 4 rings (SSSR count). The van der Waals surface area contributed by atoms with Crippen molar-refractivity contribution < 1.29 is 18.0 Å². The lowest BCUT2D eigenvalue weighted by molar-refractivity contribution is -0.121. The molecule has 0 aromatic heterocycles. The van der Waals surface area contributed by atoms with Crippen LogP contribution in [0.25, 0.3) is 0 Å². The van der Waals surface area contributed by atoms with Crippen LogP contribution in [0.2, 0.25) is 0 Å². The highest BCUT2D eigenvalue weighted by atomic mass is 32.2. The fraction of sp³-hybridized carbons (Fsp3) is 0.462. The summed E-state index contributed by atoms with van der Waals surface area (Å²) < 4.78 is 29.3. The average Bonchev–Trinajstić information content (AvgIpc) is 3.07. The molecule has 1 unspecified atom stereocenters. The zero-order valence-electron chi connectivity index (χ0n) is 18.9. The number of sulfonamides is 1. The molecular weight excluding hydrogens is 436 g/mol. The Morgan fingerprint density at radius 2 is 1.73 bits per heavy atom. The Hall–Kier alpha value is -2.51. The van der Waals surface area contributed by atoms with Gasteiger partial charge in [-0.25, -0.2) is 13.1 Å². The van der Waals surface area contributed by atoms with Gasteiger partial charge in [0.05, 0.1) is 10.9 Å². The fourth-order valence-electron chi connectivity index (χ4n) is 4.85. The van der Waals surface area contributed by atoms with Gasteiger partial charge in [-0.3, -0.25) is 9.59 Å². The van der Waals surface area contributed by atoms with Crippen molar-refractivity contribution in [1.82, 2.24) is 4.72 Å². The van der Waals surface area contributed by atoms with Crippen molar-refractivity contribution in [2.45, 2.75) is 75.1 Å². The summed E-state index contributed by atoms with van der Waals surface area (Å²) in [6.07, 6.45) is 8.34. The van der Waals surface area contributed by atoms with Gasteiger partial charge >= 0.3 is 0 Å². The molecule has 0 saturated heterocycles. The van der Waals surface area contributed by atoms with Crippen LogP contribution < -0.4 is 10.0 Å². The van der Waals surface area contributed by atoms with Crippen LogP contribution in [-0.2, 0) is 32.5 Å². The first-order valence-electron chi connectivity index (χ1n) is 11.9. The topological polar surface area (TPSA) is 92.3 Å². The molecular formula is C26H32N2O4S. The first-order valence-corrected chi connectivity index (χ1v) is 13.4. The average molecular weight is 469 g/mol. The number of hydrogen-bond donors (Lipinski definition) is 2. The first kappa shape index (κ1) is 23.6. The highest BCUT2D eigenvalue weighted by Crippen LogP contribution is 2.28. The van der Waals surface area contributed by atoms with E-state index in [1.165, 1.54) is 18.9 Å². The number of carbonyl (C=O) groups is 2. The van der Waals surface area contributed by atoms with Gasteiger partial charge in [0.25, 0.3) is 0 Å². The monoisotopic (exact) mass is 468 g/mol. The van der Waals surface area contributed by atoms with Crippen LogP contribution >= 0.6 is 0 Å². The number of Topliss-reactive ketones (excluding diaryl/α,β-unsaturated/α-hetero) is 1. The van der Waals surface area contributed by atoms with Gasteiger partial charge in [-0.1, -0.05) is 68.9 Å². The second-order valence-corrected chi connectivity index (χ2v) is 11.0. The van der Waals surface area contributed by atoms with Crippen molar-refractivity contribution in [3.8, 4) is 0 Å². The number of ketones is 1. The molecule has 0 bridgehead atoms.